The first kappa shape index (κ1) is 17.7. The molecule has 1 amide bonds. The highest BCUT2D eigenvalue weighted by molar-refractivity contribution is 5.94. The monoisotopic (exact) mass is 350 g/mol. The Kier molecular flexibility index (Phi) is 5.02. The second-order valence-electron chi connectivity index (χ2n) is 6.41. The van der Waals surface area contributed by atoms with Crippen molar-refractivity contribution in [1.82, 2.24) is 20.1 Å². The van der Waals surface area contributed by atoms with Crippen LogP contribution >= 0.6 is 0 Å². The van der Waals surface area contributed by atoms with Crippen molar-refractivity contribution in [3.63, 3.8) is 0 Å². The normalized spacial score (nSPS) is 12.0. The summed E-state index contributed by atoms with van der Waals surface area (Å²) >= 11 is 0. The summed E-state index contributed by atoms with van der Waals surface area (Å²) in [6, 6.07) is 14.8. The van der Waals surface area contributed by atoms with E-state index in [-0.39, 0.29) is 17.5 Å². The van der Waals surface area contributed by atoms with Crippen LogP contribution in [-0.2, 0) is 0 Å². The van der Waals surface area contributed by atoms with Crippen LogP contribution in [0.3, 0.4) is 0 Å². The van der Waals surface area contributed by atoms with Gasteiger partial charge in [-0.3, -0.25) is 14.3 Å². The van der Waals surface area contributed by atoms with E-state index >= 15 is 0 Å². The zero-order valence-corrected chi connectivity index (χ0v) is 15.1. The summed E-state index contributed by atoms with van der Waals surface area (Å²) in [6.07, 6.45) is 0. The van der Waals surface area contributed by atoms with Crippen LogP contribution in [0.2, 0.25) is 0 Å². The van der Waals surface area contributed by atoms with Crippen LogP contribution in [-0.4, -0.2) is 27.2 Å². The number of H-pyrrole nitrogens is 1. The molecule has 0 aliphatic carbocycles. The van der Waals surface area contributed by atoms with E-state index in [1.165, 1.54) is 0 Å². The van der Waals surface area contributed by atoms with Crippen molar-refractivity contribution in [2.45, 2.75) is 26.8 Å². The maximum absolute atomic E-state index is 12.4. The highest BCUT2D eigenvalue weighted by Gasteiger charge is 2.14. The van der Waals surface area contributed by atoms with Gasteiger partial charge in [0.1, 0.15) is 5.56 Å². The number of aromatic nitrogens is 3. The molecule has 2 heterocycles. The van der Waals surface area contributed by atoms with E-state index in [0.29, 0.717) is 12.2 Å². The van der Waals surface area contributed by atoms with Gasteiger partial charge in [-0.25, -0.2) is 0 Å². The molecule has 1 aromatic carbocycles. The molecule has 0 unspecified atom stereocenters. The Balaban J connectivity index is 1.70. The Bertz CT molecular complexity index is 973. The molecule has 1 atom stereocenters. The van der Waals surface area contributed by atoms with Gasteiger partial charge in [0.05, 0.1) is 11.7 Å². The molecule has 134 valence electrons. The lowest BCUT2D eigenvalue weighted by atomic mass is 10.1. The van der Waals surface area contributed by atoms with Gasteiger partial charge in [-0.1, -0.05) is 30.3 Å². The quantitative estimate of drug-likeness (QED) is 0.742. The second-order valence-corrected chi connectivity index (χ2v) is 6.41. The topological polar surface area (TPSA) is 79.8 Å². The minimum atomic E-state index is -0.400. The zero-order chi connectivity index (χ0) is 18.7. The number of amides is 1. The van der Waals surface area contributed by atoms with E-state index in [2.05, 4.69) is 15.4 Å². The van der Waals surface area contributed by atoms with Crippen molar-refractivity contribution in [2.75, 3.05) is 6.54 Å². The van der Waals surface area contributed by atoms with Crippen LogP contribution in [0.1, 0.15) is 34.7 Å². The van der Waals surface area contributed by atoms with Crippen molar-refractivity contribution >= 4 is 5.91 Å². The van der Waals surface area contributed by atoms with E-state index in [9.17, 15) is 9.59 Å². The Labute approximate surface area is 151 Å². The molecule has 0 spiro atoms. The molecule has 26 heavy (non-hydrogen) atoms. The Morgan fingerprint density at radius 1 is 1.19 bits per heavy atom. The molecule has 0 fully saturated rings. The minimum absolute atomic E-state index is 0.00433. The minimum Gasteiger partial charge on any atom is -0.350 e. The van der Waals surface area contributed by atoms with Crippen LogP contribution in [0, 0.1) is 13.8 Å². The van der Waals surface area contributed by atoms with Gasteiger partial charge in [0.15, 0.2) is 0 Å². The Morgan fingerprint density at radius 2 is 1.92 bits per heavy atom. The second kappa shape index (κ2) is 7.39. The molecule has 6 heteroatoms. The van der Waals surface area contributed by atoms with Gasteiger partial charge in [0.2, 0.25) is 0 Å². The number of aryl methyl sites for hydroxylation is 2. The number of carbonyl (C=O) groups excluding carboxylic acids is 1. The number of hydrogen-bond donors (Lipinski definition) is 2. The van der Waals surface area contributed by atoms with Crippen LogP contribution < -0.4 is 10.9 Å². The van der Waals surface area contributed by atoms with E-state index in [1.54, 1.807) is 12.1 Å². The smallest absolute Gasteiger partial charge is 0.261 e. The average molecular weight is 350 g/mol. The lowest BCUT2D eigenvalue weighted by Gasteiger charge is -2.15. The Hall–Kier alpha value is -3.15. The van der Waals surface area contributed by atoms with Crippen LogP contribution in [0.25, 0.3) is 11.3 Å². The van der Waals surface area contributed by atoms with Gasteiger partial charge in [-0.2, -0.15) is 5.10 Å². The SMILES string of the molecule is Cc1cc(C)n([C@@H](C)CNC(=O)c2ccc(-c3ccccc3)[nH]c2=O)n1. The van der Waals surface area contributed by atoms with Crippen molar-refractivity contribution in [3.8, 4) is 11.3 Å². The number of carbonyl (C=O) groups is 1. The third kappa shape index (κ3) is 3.74. The summed E-state index contributed by atoms with van der Waals surface area (Å²) < 4.78 is 1.87. The van der Waals surface area contributed by atoms with Crippen LogP contribution in [0.15, 0.2) is 53.3 Å². The fourth-order valence-electron chi connectivity index (χ4n) is 2.95. The number of pyridine rings is 1. The fourth-order valence-corrected chi connectivity index (χ4v) is 2.95. The van der Waals surface area contributed by atoms with Gasteiger partial charge < -0.3 is 10.3 Å². The number of nitrogens with zero attached hydrogens (tertiary/aromatic N) is 2. The molecule has 0 bridgehead atoms. The van der Waals surface area contributed by atoms with Crippen molar-refractivity contribution in [2.24, 2.45) is 0 Å². The van der Waals surface area contributed by atoms with Crippen molar-refractivity contribution < 1.29 is 4.79 Å². The number of benzene rings is 1. The number of rotatable bonds is 5. The highest BCUT2D eigenvalue weighted by Crippen LogP contribution is 2.15. The van der Waals surface area contributed by atoms with Gasteiger partial charge in [-0.15, -0.1) is 0 Å². The molecule has 0 saturated carbocycles. The van der Waals surface area contributed by atoms with Crippen LogP contribution in [0.5, 0.6) is 0 Å². The van der Waals surface area contributed by atoms with Gasteiger partial charge in [0, 0.05) is 17.9 Å². The summed E-state index contributed by atoms with van der Waals surface area (Å²) in [7, 11) is 0. The molecular weight excluding hydrogens is 328 g/mol. The molecule has 0 radical (unpaired) electrons. The number of hydrogen-bond acceptors (Lipinski definition) is 3. The van der Waals surface area contributed by atoms with Gasteiger partial charge >= 0.3 is 0 Å². The Morgan fingerprint density at radius 3 is 2.54 bits per heavy atom. The molecule has 0 aliphatic rings. The van der Waals surface area contributed by atoms with Crippen molar-refractivity contribution in [3.05, 3.63) is 75.8 Å². The molecule has 6 nitrogen and oxygen atoms in total. The maximum atomic E-state index is 12.4. The zero-order valence-electron chi connectivity index (χ0n) is 15.1. The molecule has 0 aliphatic heterocycles. The summed E-state index contributed by atoms with van der Waals surface area (Å²) in [6.45, 7) is 6.27. The van der Waals surface area contributed by atoms with E-state index in [0.717, 1.165) is 17.0 Å². The largest absolute Gasteiger partial charge is 0.350 e. The standard InChI is InChI=1S/C20H22N4O2/c1-13-11-14(2)24(23-13)15(3)12-21-19(25)17-9-10-18(22-20(17)26)16-7-5-4-6-8-16/h4-11,15H,12H2,1-3H3,(H,21,25)(H,22,26)/t15-/m0/s1. The number of nitrogens with one attached hydrogen (secondary N) is 2. The van der Waals surface area contributed by atoms with Gasteiger partial charge in [-0.05, 0) is 44.5 Å². The molecule has 2 N–H and O–H groups in total. The molecule has 3 aromatic rings. The van der Waals surface area contributed by atoms with E-state index < -0.39 is 5.56 Å². The predicted octanol–water partition coefficient (Wildman–Crippen LogP) is 2.85. The summed E-state index contributed by atoms with van der Waals surface area (Å²) in [5.74, 6) is -0.390. The summed E-state index contributed by atoms with van der Waals surface area (Å²) in [5.41, 5.74) is 3.26. The summed E-state index contributed by atoms with van der Waals surface area (Å²) in [4.78, 5) is 27.4. The van der Waals surface area contributed by atoms with Gasteiger partial charge in [0.25, 0.3) is 11.5 Å². The molecule has 0 saturated heterocycles. The first-order valence-corrected chi connectivity index (χ1v) is 8.55. The molecular formula is C20H22N4O2. The van der Waals surface area contributed by atoms with Crippen LogP contribution in [0.4, 0.5) is 0 Å². The molecule has 3 rings (SSSR count). The fraction of sp³-hybridized carbons (Fsp3) is 0.250. The first-order chi connectivity index (χ1) is 12.5. The van der Waals surface area contributed by atoms with E-state index in [1.807, 2.05) is 61.9 Å². The average Bonchev–Trinajstić information content (AvgIpc) is 2.98. The maximum Gasteiger partial charge on any atom is 0.261 e. The third-order valence-electron chi connectivity index (χ3n) is 4.26. The number of aromatic amines is 1. The van der Waals surface area contributed by atoms with E-state index in [4.69, 9.17) is 0 Å². The highest BCUT2D eigenvalue weighted by atomic mass is 16.2. The third-order valence-corrected chi connectivity index (χ3v) is 4.26. The summed E-state index contributed by atoms with van der Waals surface area (Å²) in [5, 5.41) is 7.24. The lowest BCUT2D eigenvalue weighted by molar-refractivity contribution is 0.0946. The lowest BCUT2D eigenvalue weighted by Crippen LogP contribution is -2.33. The molecule has 2 aromatic heterocycles. The predicted molar refractivity (Wildman–Crippen MR) is 101 cm³/mol. The first-order valence-electron chi connectivity index (χ1n) is 8.55. The van der Waals surface area contributed by atoms with Crippen molar-refractivity contribution in [1.29, 1.82) is 0 Å².